The SMILES string of the molecule is Cc1cc(S(=O)(=O)N[C@@H]2CCCN(C)C2)sc1C. The number of nitrogens with one attached hydrogen (secondary N) is 1. The van der Waals surface area contributed by atoms with Gasteiger partial charge in [-0.15, -0.1) is 11.3 Å². The number of piperidine rings is 1. The molecule has 2 rings (SSSR count). The molecule has 1 aliphatic rings. The van der Waals surface area contributed by atoms with Gasteiger partial charge in [-0.3, -0.25) is 0 Å². The maximum absolute atomic E-state index is 12.3. The topological polar surface area (TPSA) is 49.4 Å². The molecule has 1 atom stereocenters. The van der Waals surface area contributed by atoms with Gasteiger partial charge >= 0.3 is 0 Å². The van der Waals surface area contributed by atoms with E-state index in [9.17, 15) is 8.42 Å². The number of aryl methyl sites for hydroxylation is 2. The van der Waals surface area contributed by atoms with E-state index in [-0.39, 0.29) is 6.04 Å². The highest BCUT2D eigenvalue weighted by Crippen LogP contribution is 2.25. The molecule has 1 N–H and O–H groups in total. The molecule has 0 amide bonds. The van der Waals surface area contributed by atoms with E-state index < -0.39 is 10.0 Å². The van der Waals surface area contributed by atoms with Crippen molar-refractivity contribution in [3.8, 4) is 0 Å². The fraction of sp³-hybridized carbons (Fsp3) is 0.667. The van der Waals surface area contributed by atoms with Crippen LogP contribution >= 0.6 is 11.3 Å². The van der Waals surface area contributed by atoms with Gasteiger partial charge in [-0.1, -0.05) is 0 Å². The number of likely N-dealkylation sites (tertiary alicyclic amines) is 1. The lowest BCUT2D eigenvalue weighted by Crippen LogP contribution is -2.46. The second-order valence-corrected chi connectivity index (χ2v) is 8.22. The first-order valence-electron chi connectivity index (χ1n) is 6.16. The molecule has 0 unspecified atom stereocenters. The highest BCUT2D eigenvalue weighted by Gasteiger charge is 2.25. The summed E-state index contributed by atoms with van der Waals surface area (Å²) < 4.78 is 27.8. The van der Waals surface area contributed by atoms with E-state index in [1.54, 1.807) is 6.07 Å². The lowest BCUT2D eigenvalue weighted by molar-refractivity contribution is 0.242. The minimum absolute atomic E-state index is 0.0384. The Morgan fingerprint density at radius 1 is 1.44 bits per heavy atom. The molecular weight excluding hydrogens is 268 g/mol. The van der Waals surface area contributed by atoms with Gasteiger partial charge in [-0.25, -0.2) is 13.1 Å². The van der Waals surface area contributed by atoms with Crippen molar-refractivity contribution in [2.75, 3.05) is 20.1 Å². The Morgan fingerprint density at radius 2 is 2.17 bits per heavy atom. The molecule has 4 nitrogen and oxygen atoms in total. The van der Waals surface area contributed by atoms with Gasteiger partial charge in [-0.2, -0.15) is 0 Å². The number of likely N-dealkylation sites (N-methyl/N-ethyl adjacent to an activating group) is 1. The maximum atomic E-state index is 12.3. The molecule has 0 aliphatic carbocycles. The standard InChI is InChI=1S/C12H20N2O2S2/c1-9-7-12(17-10(9)2)18(15,16)13-11-5-4-6-14(3)8-11/h7,11,13H,4-6,8H2,1-3H3/t11-/m1/s1. The predicted octanol–water partition coefficient (Wildman–Crippen LogP) is 1.74. The largest absolute Gasteiger partial charge is 0.305 e. The predicted molar refractivity (Wildman–Crippen MR) is 74.6 cm³/mol. The van der Waals surface area contributed by atoms with E-state index in [1.807, 2.05) is 20.9 Å². The van der Waals surface area contributed by atoms with Crippen LogP contribution in [0.5, 0.6) is 0 Å². The number of sulfonamides is 1. The smallest absolute Gasteiger partial charge is 0.250 e. The fourth-order valence-electron chi connectivity index (χ4n) is 2.21. The first-order chi connectivity index (χ1) is 8.38. The molecule has 1 fully saturated rings. The molecule has 1 aromatic heterocycles. The van der Waals surface area contributed by atoms with Crippen molar-refractivity contribution in [3.63, 3.8) is 0 Å². The van der Waals surface area contributed by atoms with Crippen molar-refractivity contribution in [2.24, 2.45) is 0 Å². The fourth-order valence-corrected chi connectivity index (χ4v) is 5.01. The molecule has 1 aromatic rings. The summed E-state index contributed by atoms with van der Waals surface area (Å²) in [5.41, 5.74) is 1.04. The Bertz CT molecular complexity index is 503. The van der Waals surface area contributed by atoms with Crippen molar-refractivity contribution in [1.29, 1.82) is 0 Å². The van der Waals surface area contributed by atoms with Crippen LogP contribution in [0, 0.1) is 13.8 Å². The maximum Gasteiger partial charge on any atom is 0.250 e. The monoisotopic (exact) mass is 288 g/mol. The quantitative estimate of drug-likeness (QED) is 0.921. The Morgan fingerprint density at radius 3 is 2.72 bits per heavy atom. The van der Waals surface area contributed by atoms with Crippen LogP contribution < -0.4 is 4.72 Å². The average Bonchev–Trinajstić information content (AvgIpc) is 2.59. The zero-order valence-corrected chi connectivity index (χ0v) is 12.7. The van der Waals surface area contributed by atoms with Gasteiger partial charge in [0.25, 0.3) is 0 Å². The van der Waals surface area contributed by atoms with Crippen molar-refractivity contribution >= 4 is 21.4 Å². The third-order valence-corrected chi connectivity index (χ3v) is 6.50. The normalized spacial score (nSPS) is 22.3. The molecule has 0 spiro atoms. The molecule has 102 valence electrons. The second-order valence-electron chi connectivity index (χ2n) is 5.03. The van der Waals surface area contributed by atoms with Gasteiger partial charge in [0, 0.05) is 17.5 Å². The Kier molecular flexibility index (Phi) is 4.11. The number of thiophene rings is 1. The van der Waals surface area contributed by atoms with Crippen LogP contribution in [0.2, 0.25) is 0 Å². The van der Waals surface area contributed by atoms with Crippen LogP contribution in [0.4, 0.5) is 0 Å². The summed E-state index contributed by atoms with van der Waals surface area (Å²) in [7, 11) is -1.32. The number of hydrogen-bond donors (Lipinski definition) is 1. The molecule has 0 saturated carbocycles. The molecule has 1 saturated heterocycles. The lowest BCUT2D eigenvalue weighted by Gasteiger charge is -2.29. The van der Waals surface area contributed by atoms with Crippen molar-refractivity contribution in [2.45, 2.75) is 36.9 Å². The van der Waals surface area contributed by atoms with E-state index in [1.165, 1.54) is 11.3 Å². The summed E-state index contributed by atoms with van der Waals surface area (Å²) in [6, 6.07) is 1.80. The van der Waals surface area contributed by atoms with E-state index in [0.29, 0.717) is 4.21 Å². The number of hydrogen-bond acceptors (Lipinski definition) is 4. The molecule has 1 aliphatic heterocycles. The first kappa shape index (κ1) is 14.0. The molecule has 2 heterocycles. The summed E-state index contributed by atoms with van der Waals surface area (Å²) in [5, 5.41) is 0. The van der Waals surface area contributed by atoms with Gasteiger partial charge in [0.15, 0.2) is 0 Å². The van der Waals surface area contributed by atoms with Crippen LogP contribution in [-0.2, 0) is 10.0 Å². The van der Waals surface area contributed by atoms with Crippen molar-refractivity contribution < 1.29 is 8.42 Å². The van der Waals surface area contributed by atoms with E-state index in [4.69, 9.17) is 0 Å². The Hall–Kier alpha value is -0.430. The third-order valence-electron chi connectivity index (χ3n) is 3.35. The highest BCUT2D eigenvalue weighted by molar-refractivity contribution is 7.91. The van der Waals surface area contributed by atoms with Crippen molar-refractivity contribution in [1.82, 2.24) is 9.62 Å². The first-order valence-corrected chi connectivity index (χ1v) is 8.46. The minimum atomic E-state index is -3.34. The second kappa shape index (κ2) is 5.28. The van der Waals surface area contributed by atoms with E-state index in [0.717, 1.165) is 36.4 Å². The third kappa shape index (κ3) is 3.12. The van der Waals surface area contributed by atoms with Crippen LogP contribution in [0.15, 0.2) is 10.3 Å². The molecule has 0 aromatic carbocycles. The lowest BCUT2D eigenvalue weighted by atomic mass is 10.1. The average molecular weight is 288 g/mol. The molecule has 0 bridgehead atoms. The van der Waals surface area contributed by atoms with Crippen LogP contribution in [-0.4, -0.2) is 39.5 Å². The highest BCUT2D eigenvalue weighted by atomic mass is 32.2. The Balaban J connectivity index is 2.12. The van der Waals surface area contributed by atoms with Gasteiger partial charge in [0.2, 0.25) is 10.0 Å². The van der Waals surface area contributed by atoms with Crippen LogP contribution in [0.1, 0.15) is 23.3 Å². The molecule has 0 radical (unpaired) electrons. The summed E-state index contributed by atoms with van der Waals surface area (Å²) in [6.07, 6.45) is 1.97. The van der Waals surface area contributed by atoms with Gasteiger partial charge in [-0.05, 0) is 51.9 Å². The summed E-state index contributed by atoms with van der Waals surface area (Å²) in [6.45, 7) is 5.74. The van der Waals surface area contributed by atoms with Crippen molar-refractivity contribution in [3.05, 3.63) is 16.5 Å². The summed E-state index contributed by atoms with van der Waals surface area (Å²) in [5.74, 6) is 0. The summed E-state index contributed by atoms with van der Waals surface area (Å²) >= 11 is 1.35. The number of nitrogens with zero attached hydrogens (tertiary/aromatic N) is 1. The van der Waals surface area contributed by atoms with Crippen LogP contribution in [0.25, 0.3) is 0 Å². The van der Waals surface area contributed by atoms with E-state index >= 15 is 0 Å². The Labute approximate surface area is 113 Å². The zero-order chi connectivity index (χ0) is 13.3. The zero-order valence-electron chi connectivity index (χ0n) is 11.1. The minimum Gasteiger partial charge on any atom is -0.305 e. The summed E-state index contributed by atoms with van der Waals surface area (Å²) in [4.78, 5) is 3.23. The van der Waals surface area contributed by atoms with Gasteiger partial charge in [0.05, 0.1) is 0 Å². The molecule has 18 heavy (non-hydrogen) atoms. The van der Waals surface area contributed by atoms with Gasteiger partial charge < -0.3 is 4.90 Å². The van der Waals surface area contributed by atoms with Crippen LogP contribution in [0.3, 0.4) is 0 Å². The number of rotatable bonds is 3. The molecule has 6 heteroatoms. The molecular formula is C12H20N2O2S2. The van der Waals surface area contributed by atoms with Gasteiger partial charge in [0.1, 0.15) is 4.21 Å². The van der Waals surface area contributed by atoms with E-state index in [2.05, 4.69) is 9.62 Å².